The largest absolute Gasteiger partial charge is 0.429 e. The number of rotatable bonds is 10. The number of fused-ring (bicyclic) bond motifs is 1. The number of hydrogen-bond acceptors (Lipinski definition) is 5. The summed E-state index contributed by atoms with van der Waals surface area (Å²) in [5.74, 6) is 0.845. The van der Waals surface area contributed by atoms with E-state index in [0.29, 0.717) is 19.8 Å². The van der Waals surface area contributed by atoms with Crippen molar-refractivity contribution in [3.63, 3.8) is 0 Å². The van der Waals surface area contributed by atoms with Crippen molar-refractivity contribution >= 4 is 22.7 Å². The van der Waals surface area contributed by atoms with E-state index in [9.17, 15) is 0 Å². The Bertz CT molecular complexity index is 441. The fourth-order valence-electron chi connectivity index (χ4n) is 1.79. The third-order valence-corrected chi connectivity index (χ3v) is 6.27. The third kappa shape index (κ3) is 4.53. The number of nitrogens with zero attached hydrogens (tertiary/aromatic N) is 1. The topological polar surface area (TPSA) is 40.2 Å². The highest BCUT2D eigenvalue weighted by Crippen LogP contribution is 2.67. The van der Waals surface area contributed by atoms with Crippen LogP contribution < -0.4 is 8.96 Å². The van der Waals surface area contributed by atoms with E-state index in [-0.39, 0.29) is 0 Å². The molecule has 1 aromatic rings. The zero-order valence-corrected chi connectivity index (χ0v) is 15.3. The van der Waals surface area contributed by atoms with Crippen molar-refractivity contribution < 1.29 is 18.1 Å². The Morgan fingerprint density at radius 2 is 1.64 bits per heavy atom. The summed E-state index contributed by atoms with van der Waals surface area (Å²) in [5.41, 5.74) is 1.00. The molecule has 0 N–H and O–H groups in total. The predicted molar refractivity (Wildman–Crippen MR) is 92.1 cm³/mol. The van der Waals surface area contributed by atoms with Gasteiger partial charge >= 0.3 is 8.53 Å². The molecule has 0 bridgehead atoms. The number of benzene rings is 1. The van der Waals surface area contributed by atoms with Crippen molar-refractivity contribution in [2.24, 2.45) is 0 Å². The van der Waals surface area contributed by atoms with E-state index in [4.69, 9.17) is 18.1 Å². The van der Waals surface area contributed by atoms with Gasteiger partial charge in [0.1, 0.15) is 0 Å². The summed E-state index contributed by atoms with van der Waals surface area (Å²) >= 11 is 0. The smallest absolute Gasteiger partial charge is 0.360 e. The first-order chi connectivity index (χ1) is 10.8. The first kappa shape index (κ1) is 17.9. The maximum atomic E-state index is 5.99. The maximum Gasteiger partial charge on any atom is 0.360 e. The predicted octanol–water partition coefficient (Wildman–Crippen LogP) is 5.62. The second-order valence-corrected chi connectivity index (χ2v) is 7.85. The standard InChI is InChI=1S/C15H25NO4P2/c1-4-11-17-21(18-12-5-2)16-14-9-7-8-10-15(14)20-22(16)19-13-6-3/h7-10H,4-6,11-13H2,1-3H3. The molecule has 0 aliphatic carbocycles. The van der Waals surface area contributed by atoms with Crippen molar-refractivity contribution in [2.45, 2.75) is 40.0 Å². The van der Waals surface area contributed by atoms with Gasteiger partial charge in [-0.1, -0.05) is 32.9 Å². The molecule has 1 aromatic carbocycles. The van der Waals surface area contributed by atoms with E-state index in [2.05, 4.69) is 25.2 Å². The van der Waals surface area contributed by atoms with Crippen LogP contribution in [0.5, 0.6) is 5.75 Å². The second-order valence-electron chi connectivity index (χ2n) is 4.82. The lowest BCUT2D eigenvalue weighted by Crippen LogP contribution is -2.14. The van der Waals surface area contributed by atoms with E-state index in [0.717, 1.165) is 30.7 Å². The van der Waals surface area contributed by atoms with Gasteiger partial charge in [0.25, 0.3) is 8.53 Å². The number of para-hydroxylation sites is 2. The van der Waals surface area contributed by atoms with Crippen LogP contribution in [-0.2, 0) is 13.6 Å². The Hall–Kier alpha value is -0.440. The Balaban J connectivity index is 2.18. The molecule has 1 atom stereocenters. The highest BCUT2D eigenvalue weighted by atomic mass is 31.2. The third-order valence-electron chi connectivity index (χ3n) is 2.78. The average Bonchev–Trinajstić information content (AvgIpc) is 2.91. The van der Waals surface area contributed by atoms with Gasteiger partial charge in [-0.3, -0.25) is 0 Å². The zero-order valence-electron chi connectivity index (χ0n) is 13.5. The lowest BCUT2D eigenvalue weighted by Gasteiger charge is -2.29. The van der Waals surface area contributed by atoms with E-state index in [1.807, 2.05) is 24.3 Å². The summed E-state index contributed by atoms with van der Waals surface area (Å²) in [6.07, 6.45) is 2.87. The van der Waals surface area contributed by atoms with Crippen LogP contribution in [0.4, 0.5) is 5.69 Å². The molecule has 7 heteroatoms. The molecule has 22 heavy (non-hydrogen) atoms. The van der Waals surface area contributed by atoms with Gasteiger partial charge in [-0.25, -0.2) is 4.44 Å². The summed E-state index contributed by atoms with van der Waals surface area (Å²) in [7, 11) is -2.41. The van der Waals surface area contributed by atoms with Gasteiger partial charge in [0.15, 0.2) is 5.75 Å². The van der Waals surface area contributed by atoms with Crippen molar-refractivity contribution in [1.82, 2.24) is 0 Å². The lowest BCUT2D eigenvalue weighted by atomic mass is 10.3. The molecule has 0 amide bonds. The molecule has 0 spiro atoms. The van der Waals surface area contributed by atoms with Gasteiger partial charge in [0, 0.05) is 0 Å². The summed E-state index contributed by atoms with van der Waals surface area (Å²) in [6.45, 7) is 8.29. The van der Waals surface area contributed by atoms with Gasteiger partial charge in [0.05, 0.1) is 25.5 Å². The molecule has 0 fully saturated rings. The molecular weight excluding hydrogens is 320 g/mol. The molecule has 2 rings (SSSR count). The summed E-state index contributed by atoms with van der Waals surface area (Å²) in [4.78, 5) is 0. The van der Waals surface area contributed by atoms with Crippen molar-refractivity contribution in [1.29, 1.82) is 0 Å². The number of hydrogen-bond donors (Lipinski definition) is 0. The summed E-state index contributed by atoms with van der Waals surface area (Å²) < 4.78 is 25.9. The molecule has 5 nitrogen and oxygen atoms in total. The monoisotopic (exact) mass is 345 g/mol. The maximum absolute atomic E-state index is 5.99. The van der Waals surface area contributed by atoms with Crippen LogP contribution in [0, 0.1) is 0 Å². The lowest BCUT2D eigenvalue weighted by molar-refractivity contribution is 0.248. The van der Waals surface area contributed by atoms with Gasteiger partial charge in [-0.2, -0.15) is 0 Å². The number of anilines is 1. The Labute approximate surface area is 135 Å². The zero-order chi connectivity index (χ0) is 15.8. The van der Waals surface area contributed by atoms with Crippen LogP contribution in [0.25, 0.3) is 0 Å². The quantitative estimate of drug-likeness (QED) is 0.515. The molecule has 0 saturated heterocycles. The van der Waals surface area contributed by atoms with Crippen molar-refractivity contribution in [2.75, 3.05) is 24.3 Å². The van der Waals surface area contributed by atoms with Crippen molar-refractivity contribution in [3.05, 3.63) is 24.3 Å². The Morgan fingerprint density at radius 3 is 2.27 bits per heavy atom. The van der Waals surface area contributed by atoms with Gasteiger partial charge in [-0.15, -0.1) is 0 Å². The summed E-state index contributed by atoms with van der Waals surface area (Å²) in [6, 6.07) is 7.97. The Morgan fingerprint density at radius 1 is 1.00 bits per heavy atom. The second kappa shape index (κ2) is 9.64. The highest BCUT2D eigenvalue weighted by Gasteiger charge is 2.41. The van der Waals surface area contributed by atoms with E-state index in [1.165, 1.54) is 0 Å². The molecule has 1 aliphatic heterocycles. The Kier molecular flexibility index (Phi) is 7.85. The van der Waals surface area contributed by atoms with Crippen LogP contribution in [0.1, 0.15) is 40.0 Å². The fourth-order valence-corrected chi connectivity index (χ4v) is 5.40. The SMILES string of the molecule is CCCOP(OCCC)N1c2ccccc2OP1OCCC. The molecule has 0 aromatic heterocycles. The minimum Gasteiger partial charge on any atom is -0.429 e. The van der Waals surface area contributed by atoms with Gasteiger partial charge < -0.3 is 18.1 Å². The molecule has 0 saturated carbocycles. The van der Waals surface area contributed by atoms with Crippen molar-refractivity contribution in [3.8, 4) is 5.75 Å². The van der Waals surface area contributed by atoms with Gasteiger partial charge in [0.2, 0.25) is 0 Å². The molecule has 1 heterocycles. The van der Waals surface area contributed by atoms with E-state index < -0.39 is 17.1 Å². The minimum absolute atomic E-state index is 0.668. The average molecular weight is 345 g/mol. The van der Waals surface area contributed by atoms with E-state index >= 15 is 0 Å². The fraction of sp³-hybridized carbons (Fsp3) is 0.600. The molecule has 1 aliphatic rings. The van der Waals surface area contributed by atoms with Crippen LogP contribution in [0.15, 0.2) is 24.3 Å². The first-order valence-electron chi connectivity index (χ1n) is 7.87. The first-order valence-corrected chi connectivity index (χ1v) is 10.1. The van der Waals surface area contributed by atoms with Crippen LogP contribution >= 0.6 is 17.1 Å². The van der Waals surface area contributed by atoms with Crippen LogP contribution in [-0.4, -0.2) is 19.8 Å². The molecule has 0 radical (unpaired) electrons. The normalized spacial score (nSPS) is 16.9. The molecule has 124 valence electrons. The molecular formula is C15H25NO4P2. The van der Waals surface area contributed by atoms with Gasteiger partial charge in [-0.05, 0) is 31.4 Å². The summed E-state index contributed by atoms with van der Waals surface area (Å²) in [5, 5.41) is 0. The highest BCUT2D eigenvalue weighted by molar-refractivity contribution is 7.68. The van der Waals surface area contributed by atoms with Crippen LogP contribution in [0.2, 0.25) is 0 Å². The minimum atomic E-state index is -1.20. The molecule has 1 unspecified atom stereocenters. The van der Waals surface area contributed by atoms with E-state index in [1.54, 1.807) is 0 Å². The van der Waals surface area contributed by atoms with Crippen LogP contribution in [0.3, 0.4) is 0 Å².